The van der Waals surface area contributed by atoms with E-state index in [0.29, 0.717) is 37.1 Å². The fourth-order valence-electron chi connectivity index (χ4n) is 5.63. The molecule has 3 amide bonds. The number of carbonyl (C=O) groups is 3. The molecule has 1 atom stereocenters. The SMILES string of the molecule is C[C@@H](NC(=O)C1CCN(c2cccc3c2C(=O)N(C2CC2)C3=O)CC1)c1cccc2ccccc12. The second-order valence-electron chi connectivity index (χ2n) is 9.97. The second-order valence-corrected chi connectivity index (χ2v) is 9.97. The molecule has 0 aromatic heterocycles. The molecule has 1 saturated carbocycles. The van der Waals surface area contributed by atoms with Crippen molar-refractivity contribution in [2.24, 2.45) is 5.92 Å². The lowest BCUT2D eigenvalue weighted by Crippen LogP contribution is -2.41. The molecule has 0 bridgehead atoms. The third-order valence-electron chi connectivity index (χ3n) is 7.69. The van der Waals surface area contributed by atoms with Crippen molar-refractivity contribution in [3.63, 3.8) is 0 Å². The zero-order chi connectivity index (χ0) is 24.1. The van der Waals surface area contributed by atoms with Gasteiger partial charge in [0.1, 0.15) is 0 Å². The van der Waals surface area contributed by atoms with Crippen LogP contribution in [-0.4, -0.2) is 41.8 Å². The molecule has 1 saturated heterocycles. The van der Waals surface area contributed by atoms with Crippen molar-refractivity contribution in [1.29, 1.82) is 0 Å². The van der Waals surface area contributed by atoms with Crippen molar-refractivity contribution in [2.75, 3.05) is 18.0 Å². The van der Waals surface area contributed by atoms with Gasteiger partial charge in [0.25, 0.3) is 11.8 Å². The zero-order valence-electron chi connectivity index (χ0n) is 19.9. The molecule has 178 valence electrons. The fraction of sp³-hybridized carbons (Fsp3) is 0.345. The molecule has 3 aliphatic rings. The van der Waals surface area contributed by atoms with E-state index in [0.717, 1.165) is 29.5 Å². The number of carbonyl (C=O) groups excluding carboxylic acids is 3. The lowest BCUT2D eigenvalue weighted by Gasteiger charge is -2.34. The molecule has 3 aromatic carbocycles. The van der Waals surface area contributed by atoms with Crippen molar-refractivity contribution < 1.29 is 14.4 Å². The highest BCUT2D eigenvalue weighted by molar-refractivity contribution is 6.24. The highest BCUT2D eigenvalue weighted by Gasteiger charge is 2.46. The van der Waals surface area contributed by atoms with Crippen molar-refractivity contribution >= 4 is 34.2 Å². The van der Waals surface area contributed by atoms with E-state index in [1.54, 1.807) is 6.07 Å². The average Bonchev–Trinajstić information content (AvgIpc) is 3.69. The minimum atomic E-state index is -0.161. The highest BCUT2D eigenvalue weighted by atomic mass is 16.2. The number of amides is 3. The first-order valence-corrected chi connectivity index (χ1v) is 12.6. The Balaban J connectivity index is 1.13. The first kappa shape index (κ1) is 21.8. The number of rotatable bonds is 5. The van der Waals surface area contributed by atoms with Gasteiger partial charge >= 0.3 is 0 Å². The molecule has 2 heterocycles. The summed E-state index contributed by atoms with van der Waals surface area (Å²) in [5.74, 6) is -0.312. The number of imide groups is 1. The minimum Gasteiger partial charge on any atom is -0.371 e. The molecular formula is C29H29N3O3. The van der Waals surface area contributed by atoms with E-state index < -0.39 is 0 Å². The van der Waals surface area contributed by atoms with E-state index in [-0.39, 0.29) is 35.7 Å². The van der Waals surface area contributed by atoms with E-state index in [1.165, 1.54) is 10.3 Å². The molecular weight excluding hydrogens is 438 g/mol. The summed E-state index contributed by atoms with van der Waals surface area (Å²) in [6.07, 6.45) is 3.23. The van der Waals surface area contributed by atoms with E-state index in [1.807, 2.05) is 37.3 Å². The van der Waals surface area contributed by atoms with Crippen LogP contribution in [0.3, 0.4) is 0 Å². The molecule has 6 heteroatoms. The molecule has 0 unspecified atom stereocenters. The van der Waals surface area contributed by atoms with Crippen LogP contribution in [-0.2, 0) is 4.79 Å². The van der Waals surface area contributed by atoms with Gasteiger partial charge in [0.15, 0.2) is 0 Å². The van der Waals surface area contributed by atoms with Crippen LogP contribution in [0, 0.1) is 5.92 Å². The maximum atomic E-state index is 13.1. The van der Waals surface area contributed by atoms with Gasteiger partial charge < -0.3 is 10.2 Å². The Labute approximate surface area is 204 Å². The first-order valence-electron chi connectivity index (χ1n) is 12.6. The van der Waals surface area contributed by atoms with Gasteiger partial charge in [0, 0.05) is 25.0 Å². The zero-order valence-corrected chi connectivity index (χ0v) is 19.9. The summed E-state index contributed by atoms with van der Waals surface area (Å²) in [7, 11) is 0. The molecule has 1 aliphatic carbocycles. The molecule has 1 N–H and O–H groups in total. The van der Waals surface area contributed by atoms with Gasteiger partial charge in [0.2, 0.25) is 5.91 Å². The van der Waals surface area contributed by atoms with Gasteiger partial charge in [-0.25, -0.2) is 0 Å². The van der Waals surface area contributed by atoms with Gasteiger partial charge in [-0.3, -0.25) is 19.3 Å². The van der Waals surface area contributed by atoms with Crippen molar-refractivity contribution in [1.82, 2.24) is 10.2 Å². The Morgan fingerprint density at radius 1 is 0.886 bits per heavy atom. The number of benzene rings is 3. The van der Waals surface area contributed by atoms with Gasteiger partial charge in [0.05, 0.1) is 22.9 Å². The van der Waals surface area contributed by atoms with Gasteiger partial charge in [-0.1, -0.05) is 48.5 Å². The molecule has 3 aromatic rings. The fourth-order valence-corrected chi connectivity index (χ4v) is 5.63. The van der Waals surface area contributed by atoms with Crippen LogP contribution in [0.5, 0.6) is 0 Å². The largest absolute Gasteiger partial charge is 0.371 e. The van der Waals surface area contributed by atoms with E-state index in [4.69, 9.17) is 0 Å². The summed E-state index contributed by atoms with van der Waals surface area (Å²) < 4.78 is 0. The minimum absolute atomic E-state index is 0.0633. The number of anilines is 1. The van der Waals surface area contributed by atoms with Crippen LogP contribution in [0.1, 0.15) is 64.9 Å². The van der Waals surface area contributed by atoms with Crippen LogP contribution in [0.4, 0.5) is 5.69 Å². The highest BCUT2D eigenvalue weighted by Crippen LogP contribution is 2.39. The van der Waals surface area contributed by atoms with Crippen LogP contribution in [0.15, 0.2) is 60.7 Å². The normalized spacial score (nSPS) is 19.2. The number of hydrogen-bond donors (Lipinski definition) is 1. The summed E-state index contributed by atoms with van der Waals surface area (Å²) >= 11 is 0. The lowest BCUT2D eigenvalue weighted by molar-refractivity contribution is -0.126. The summed E-state index contributed by atoms with van der Waals surface area (Å²) in [5, 5.41) is 5.56. The predicted molar refractivity (Wildman–Crippen MR) is 135 cm³/mol. The Morgan fingerprint density at radius 3 is 2.37 bits per heavy atom. The third-order valence-corrected chi connectivity index (χ3v) is 7.69. The lowest BCUT2D eigenvalue weighted by atomic mass is 9.93. The van der Waals surface area contributed by atoms with E-state index >= 15 is 0 Å². The van der Waals surface area contributed by atoms with Crippen LogP contribution in [0.2, 0.25) is 0 Å². The number of piperidine rings is 1. The molecule has 2 aliphatic heterocycles. The monoisotopic (exact) mass is 467 g/mol. The van der Waals surface area contributed by atoms with Gasteiger partial charge in [-0.15, -0.1) is 0 Å². The molecule has 6 nitrogen and oxygen atoms in total. The molecule has 2 fully saturated rings. The standard InChI is InChI=1S/C29H29N3O3/c1-18(22-9-4-7-19-6-2-3-8-23(19)22)30-27(33)20-14-16-31(17-15-20)25-11-5-10-24-26(25)29(35)32(28(24)34)21-12-13-21/h2-11,18,20-21H,12-17H2,1H3,(H,30,33)/t18-/m1/s1. The first-order chi connectivity index (χ1) is 17.0. The topological polar surface area (TPSA) is 69.7 Å². The Bertz CT molecular complexity index is 1330. The Kier molecular flexibility index (Phi) is 5.32. The van der Waals surface area contributed by atoms with Gasteiger partial charge in [-0.05, 0) is 61.1 Å². The van der Waals surface area contributed by atoms with Crippen LogP contribution < -0.4 is 10.2 Å². The quantitative estimate of drug-likeness (QED) is 0.553. The van der Waals surface area contributed by atoms with E-state index in [9.17, 15) is 14.4 Å². The second kappa shape index (κ2) is 8.52. The van der Waals surface area contributed by atoms with Crippen molar-refractivity contribution in [3.05, 3.63) is 77.4 Å². The summed E-state index contributed by atoms with van der Waals surface area (Å²) in [6, 6.07) is 20.0. The number of hydrogen-bond acceptors (Lipinski definition) is 4. The average molecular weight is 468 g/mol. The van der Waals surface area contributed by atoms with Gasteiger partial charge in [-0.2, -0.15) is 0 Å². The van der Waals surface area contributed by atoms with E-state index in [2.05, 4.69) is 34.5 Å². The number of nitrogens with one attached hydrogen (secondary N) is 1. The summed E-state index contributed by atoms with van der Waals surface area (Å²) in [6.45, 7) is 3.40. The number of fused-ring (bicyclic) bond motifs is 2. The molecule has 6 rings (SSSR count). The van der Waals surface area contributed by atoms with Crippen molar-refractivity contribution in [2.45, 2.75) is 44.7 Å². The molecule has 0 spiro atoms. The van der Waals surface area contributed by atoms with Crippen molar-refractivity contribution in [3.8, 4) is 0 Å². The van der Waals surface area contributed by atoms with Crippen LogP contribution >= 0.6 is 0 Å². The molecule has 0 radical (unpaired) electrons. The predicted octanol–water partition coefficient (Wildman–Crippen LogP) is 4.69. The maximum absolute atomic E-state index is 13.1. The van der Waals surface area contributed by atoms with Crippen LogP contribution in [0.25, 0.3) is 10.8 Å². The Morgan fingerprint density at radius 2 is 1.60 bits per heavy atom. The number of nitrogens with zero attached hydrogens (tertiary/aromatic N) is 2. The molecule has 35 heavy (non-hydrogen) atoms. The smallest absolute Gasteiger partial charge is 0.263 e. The summed E-state index contributed by atoms with van der Waals surface area (Å²) in [5.41, 5.74) is 3.00. The summed E-state index contributed by atoms with van der Waals surface area (Å²) in [4.78, 5) is 42.6. The Hall–Kier alpha value is -3.67. The third kappa shape index (κ3) is 3.77. The maximum Gasteiger partial charge on any atom is 0.263 e.